The van der Waals surface area contributed by atoms with Crippen LogP contribution in [0.25, 0.3) is 0 Å². The molecule has 0 heterocycles. The zero-order valence-corrected chi connectivity index (χ0v) is 15.0. The number of halogens is 3. The van der Waals surface area contributed by atoms with Gasteiger partial charge >= 0.3 is 0 Å². The molecule has 4 nitrogen and oxygen atoms in total. The van der Waals surface area contributed by atoms with E-state index in [9.17, 15) is 10.2 Å². The maximum atomic E-state index is 10.3. The number of phenols is 1. The van der Waals surface area contributed by atoms with Gasteiger partial charge in [0, 0.05) is 4.47 Å². The number of hydrogen-bond acceptors (Lipinski definition) is 4. The van der Waals surface area contributed by atoms with E-state index in [1.807, 2.05) is 0 Å². The summed E-state index contributed by atoms with van der Waals surface area (Å²) < 4.78 is 6.25. The molecule has 0 saturated heterocycles. The predicted molar refractivity (Wildman–Crippen MR) is 87.6 cm³/mol. The molecule has 1 aliphatic rings. The van der Waals surface area contributed by atoms with E-state index in [2.05, 4.69) is 31.9 Å². The Balaban J connectivity index is 0.00000200. The van der Waals surface area contributed by atoms with Crippen LogP contribution in [0, 0.1) is 5.92 Å². The highest BCUT2D eigenvalue weighted by Gasteiger charge is 2.32. The molecule has 1 saturated carbocycles. The Morgan fingerprint density at radius 3 is 2.40 bits per heavy atom. The van der Waals surface area contributed by atoms with Gasteiger partial charge in [-0.3, -0.25) is 0 Å². The van der Waals surface area contributed by atoms with Crippen LogP contribution in [-0.2, 0) is 0 Å². The fourth-order valence-corrected chi connectivity index (χ4v) is 3.26. The van der Waals surface area contributed by atoms with E-state index in [0.717, 1.165) is 24.8 Å². The summed E-state index contributed by atoms with van der Waals surface area (Å²) in [6, 6.07) is 1.15. The number of rotatable bonds is 4. The van der Waals surface area contributed by atoms with Crippen LogP contribution in [0.5, 0.6) is 11.5 Å². The van der Waals surface area contributed by atoms with Crippen molar-refractivity contribution in [2.75, 3.05) is 7.11 Å². The zero-order valence-electron chi connectivity index (χ0n) is 11.0. The second kappa shape index (κ2) is 7.31. The molecule has 0 bridgehead atoms. The van der Waals surface area contributed by atoms with Gasteiger partial charge in [0.05, 0.1) is 23.7 Å². The molecule has 7 heteroatoms. The van der Waals surface area contributed by atoms with E-state index in [1.54, 1.807) is 6.07 Å². The monoisotopic (exact) mass is 429 g/mol. The third-order valence-corrected chi connectivity index (χ3v) is 5.91. The average molecular weight is 432 g/mol. The van der Waals surface area contributed by atoms with Gasteiger partial charge in [-0.15, -0.1) is 12.4 Å². The summed E-state index contributed by atoms with van der Waals surface area (Å²) in [5.41, 5.74) is 6.88. The first kappa shape index (κ1) is 18.0. The van der Waals surface area contributed by atoms with Gasteiger partial charge in [0.15, 0.2) is 11.5 Å². The van der Waals surface area contributed by atoms with Crippen molar-refractivity contribution in [2.24, 2.45) is 11.7 Å². The van der Waals surface area contributed by atoms with E-state index < -0.39 is 12.1 Å². The molecule has 20 heavy (non-hydrogen) atoms. The molecule has 2 atom stereocenters. The third-order valence-electron chi connectivity index (χ3n) is 3.75. The fourth-order valence-electron chi connectivity index (χ4n) is 2.27. The Morgan fingerprint density at radius 1 is 1.35 bits per heavy atom. The highest BCUT2D eigenvalue weighted by Crippen LogP contribution is 2.45. The van der Waals surface area contributed by atoms with Crippen molar-refractivity contribution in [3.8, 4) is 11.5 Å². The topological polar surface area (TPSA) is 75.7 Å². The molecule has 4 N–H and O–H groups in total. The standard InChI is InChI=1S/C13H17Br2NO3.ClH/c1-19-8-5-7(9(14)10(15)13(8)18)11(16)12(17)6-3-2-4-6;/h5-6,11-12,17-18H,2-4,16H2,1H3;1H/t11-,12+;/m0./s1. The molecule has 114 valence electrons. The summed E-state index contributed by atoms with van der Waals surface area (Å²) in [4.78, 5) is 0. The lowest BCUT2D eigenvalue weighted by Gasteiger charge is -2.34. The maximum absolute atomic E-state index is 10.3. The molecular formula is C13H18Br2ClNO3. The molecule has 1 aromatic carbocycles. The van der Waals surface area contributed by atoms with Crippen molar-refractivity contribution in [1.29, 1.82) is 0 Å². The van der Waals surface area contributed by atoms with Gasteiger partial charge in [0.25, 0.3) is 0 Å². The Kier molecular flexibility index (Phi) is 6.60. The smallest absolute Gasteiger partial charge is 0.173 e. The lowest BCUT2D eigenvalue weighted by Crippen LogP contribution is -2.36. The quantitative estimate of drug-likeness (QED) is 0.682. The molecule has 1 aliphatic carbocycles. The third kappa shape index (κ3) is 3.25. The number of methoxy groups -OCH3 is 1. The van der Waals surface area contributed by atoms with Gasteiger partial charge in [-0.05, 0) is 62.2 Å². The first-order valence-electron chi connectivity index (χ1n) is 6.15. The number of aliphatic hydroxyl groups excluding tert-OH is 1. The molecule has 0 radical (unpaired) electrons. The van der Waals surface area contributed by atoms with Gasteiger partial charge in [-0.25, -0.2) is 0 Å². The number of hydrogen-bond donors (Lipinski definition) is 3. The number of ether oxygens (including phenoxy) is 1. The minimum absolute atomic E-state index is 0. The van der Waals surface area contributed by atoms with E-state index in [0.29, 0.717) is 14.7 Å². The molecular weight excluding hydrogens is 413 g/mol. The molecule has 2 rings (SSSR count). The largest absolute Gasteiger partial charge is 0.503 e. The molecule has 0 amide bonds. The van der Waals surface area contributed by atoms with Crippen LogP contribution in [0.1, 0.15) is 30.9 Å². The van der Waals surface area contributed by atoms with Crippen LogP contribution in [0.2, 0.25) is 0 Å². The van der Waals surface area contributed by atoms with Crippen LogP contribution in [0.15, 0.2) is 15.0 Å². The number of aromatic hydroxyl groups is 1. The van der Waals surface area contributed by atoms with Crippen molar-refractivity contribution in [1.82, 2.24) is 0 Å². The van der Waals surface area contributed by atoms with Crippen LogP contribution in [0.3, 0.4) is 0 Å². The lowest BCUT2D eigenvalue weighted by atomic mass is 9.77. The molecule has 1 aromatic rings. The second-order valence-electron chi connectivity index (χ2n) is 4.85. The number of aliphatic hydroxyl groups is 1. The Hall–Kier alpha value is -0.0100. The van der Waals surface area contributed by atoms with E-state index >= 15 is 0 Å². The zero-order chi connectivity index (χ0) is 14.2. The Bertz CT molecular complexity index is 483. The number of nitrogens with two attached hydrogens (primary N) is 1. The van der Waals surface area contributed by atoms with Crippen molar-refractivity contribution in [3.05, 3.63) is 20.6 Å². The molecule has 0 unspecified atom stereocenters. The SMILES string of the molecule is COc1cc([C@H](N)[C@H](O)C2CCC2)c(Br)c(Br)c1O.Cl. The first-order valence-corrected chi connectivity index (χ1v) is 7.74. The first-order chi connectivity index (χ1) is 8.97. The van der Waals surface area contributed by atoms with Crippen LogP contribution in [0.4, 0.5) is 0 Å². The van der Waals surface area contributed by atoms with Crippen LogP contribution < -0.4 is 10.5 Å². The summed E-state index contributed by atoms with van der Waals surface area (Å²) in [7, 11) is 1.48. The minimum Gasteiger partial charge on any atom is -0.503 e. The molecule has 0 aromatic heterocycles. The average Bonchev–Trinajstić information content (AvgIpc) is 2.33. The van der Waals surface area contributed by atoms with Gasteiger partial charge in [-0.1, -0.05) is 6.42 Å². The van der Waals surface area contributed by atoms with Crippen molar-refractivity contribution < 1.29 is 14.9 Å². The maximum Gasteiger partial charge on any atom is 0.173 e. The number of benzene rings is 1. The molecule has 0 spiro atoms. The molecule has 0 aliphatic heterocycles. The van der Waals surface area contributed by atoms with Crippen molar-refractivity contribution in [3.63, 3.8) is 0 Å². The van der Waals surface area contributed by atoms with Gasteiger partial charge in [0.1, 0.15) is 0 Å². The minimum atomic E-state index is -0.578. The highest BCUT2D eigenvalue weighted by molar-refractivity contribution is 9.13. The fraction of sp³-hybridized carbons (Fsp3) is 0.538. The normalized spacial score (nSPS) is 17.9. The van der Waals surface area contributed by atoms with Crippen LogP contribution in [-0.4, -0.2) is 23.4 Å². The van der Waals surface area contributed by atoms with Crippen molar-refractivity contribution in [2.45, 2.75) is 31.4 Å². The highest BCUT2D eigenvalue weighted by atomic mass is 79.9. The van der Waals surface area contributed by atoms with E-state index in [1.165, 1.54) is 7.11 Å². The summed E-state index contributed by atoms with van der Waals surface area (Å²) in [5.74, 6) is 0.616. The molecule has 1 fully saturated rings. The second-order valence-corrected chi connectivity index (χ2v) is 6.44. The predicted octanol–water partition coefficient (Wildman–Crippen LogP) is 3.51. The van der Waals surface area contributed by atoms with E-state index in [-0.39, 0.29) is 24.1 Å². The van der Waals surface area contributed by atoms with Crippen molar-refractivity contribution >= 4 is 44.3 Å². The van der Waals surface area contributed by atoms with E-state index in [4.69, 9.17) is 10.5 Å². The Morgan fingerprint density at radius 2 is 1.95 bits per heavy atom. The summed E-state index contributed by atoms with van der Waals surface area (Å²) in [5, 5.41) is 20.2. The summed E-state index contributed by atoms with van der Waals surface area (Å²) in [6.45, 7) is 0. The summed E-state index contributed by atoms with van der Waals surface area (Å²) >= 11 is 6.69. The summed E-state index contributed by atoms with van der Waals surface area (Å²) in [6.07, 6.45) is 2.61. The number of phenolic OH excluding ortho intramolecular Hbond substituents is 1. The van der Waals surface area contributed by atoms with Gasteiger partial charge in [-0.2, -0.15) is 0 Å². The Labute approximate surface area is 141 Å². The van der Waals surface area contributed by atoms with Gasteiger partial charge in [0.2, 0.25) is 0 Å². The van der Waals surface area contributed by atoms with Crippen LogP contribution >= 0.6 is 44.3 Å². The van der Waals surface area contributed by atoms with Gasteiger partial charge < -0.3 is 20.7 Å². The lowest BCUT2D eigenvalue weighted by molar-refractivity contribution is 0.0411.